The SMILES string of the molecule is Cc1ccc(N(C)Cc2ccccc2C)c(CN)c1. The highest BCUT2D eigenvalue weighted by Gasteiger charge is 2.08. The summed E-state index contributed by atoms with van der Waals surface area (Å²) in [6.07, 6.45) is 0. The molecule has 0 aromatic heterocycles. The minimum absolute atomic E-state index is 0.578. The van der Waals surface area contributed by atoms with Gasteiger partial charge < -0.3 is 10.6 Å². The largest absolute Gasteiger partial charge is 0.370 e. The molecule has 0 aliphatic rings. The van der Waals surface area contributed by atoms with Gasteiger partial charge in [-0.1, -0.05) is 42.0 Å². The summed E-state index contributed by atoms with van der Waals surface area (Å²) in [5.74, 6) is 0. The molecule has 2 N–H and O–H groups in total. The first-order valence-corrected chi connectivity index (χ1v) is 6.67. The van der Waals surface area contributed by atoms with Crippen LogP contribution in [0.5, 0.6) is 0 Å². The quantitative estimate of drug-likeness (QED) is 0.906. The zero-order valence-corrected chi connectivity index (χ0v) is 12.0. The average molecular weight is 254 g/mol. The Morgan fingerprint density at radius 3 is 2.42 bits per heavy atom. The number of hydrogen-bond donors (Lipinski definition) is 1. The van der Waals surface area contributed by atoms with Crippen molar-refractivity contribution in [3.8, 4) is 0 Å². The molecule has 0 saturated carbocycles. The molecule has 19 heavy (non-hydrogen) atoms. The standard InChI is InChI=1S/C17H22N2/c1-13-8-9-17(16(10-13)11-18)19(3)12-15-7-5-4-6-14(15)2/h4-10H,11-12,18H2,1-3H3. The van der Waals surface area contributed by atoms with Gasteiger partial charge in [0.1, 0.15) is 0 Å². The number of anilines is 1. The summed E-state index contributed by atoms with van der Waals surface area (Å²) in [4.78, 5) is 2.27. The first kappa shape index (κ1) is 13.6. The van der Waals surface area contributed by atoms with E-state index in [1.807, 2.05) is 0 Å². The second kappa shape index (κ2) is 5.89. The topological polar surface area (TPSA) is 29.3 Å². The van der Waals surface area contributed by atoms with Crippen molar-refractivity contribution in [3.05, 3.63) is 64.7 Å². The Morgan fingerprint density at radius 2 is 1.74 bits per heavy atom. The smallest absolute Gasteiger partial charge is 0.0428 e. The summed E-state index contributed by atoms with van der Waals surface area (Å²) in [6.45, 7) is 5.74. The van der Waals surface area contributed by atoms with Crippen LogP contribution in [0.25, 0.3) is 0 Å². The van der Waals surface area contributed by atoms with Gasteiger partial charge in [0.15, 0.2) is 0 Å². The highest BCUT2D eigenvalue weighted by molar-refractivity contribution is 5.55. The molecule has 2 heteroatoms. The molecule has 0 atom stereocenters. The van der Waals surface area contributed by atoms with Gasteiger partial charge in [-0.25, -0.2) is 0 Å². The molecule has 0 saturated heterocycles. The molecule has 0 aliphatic heterocycles. The Hall–Kier alpha value is -1.80. The lowest BCUT2D eigenvalue weighted by molar-refractivity contribution is 0.896. The van der Waals surface area contributed by atoms with Gasteiger partial charge in [0.25, 0.3) is 0 Å². The highest BCUT2D eigenvalue weighted by atomic mass is 15.1. The monoisotopic (exact) mass is 254 g/mol. The van der Waals surface area contributed by atoms with E-state index in [2.05, 4.69) is 68.3 Å². The lowest BCUT2D eigenvalue weighted by Crippen LogP contribution is -2.19. The summed E-state index contributed by atoms with van der Waals surface area (Å²) in [7, 11) is 2.12. The third-order valence-electron chi connectivity index (χ3n) is 3.53. The third kappa shape index (κ3) is 3.15. The molecule has 0 spiro atoms. The van der Waals surface area contributed by atoms with Crippen LogP contribution in [0.1, 0.15) is 22.3 Å². The van der Waals surface area contributed by atoms with E-state index >= 15 is 0 Å². The predicted octanol–water partition coefficient (Wildman–Crippen LogP) is 3.40. The minimum atomic E-state index is 0.578. The van der Waals surface area contributed by atoms with E-state index in [0.717, 1.165) is 6.54 Å². The molecule has 0 aliphatic carbocycles. The number of benzene rings is 2. The lowest BCUT2D eigenvalue weighted by Gasteiger charge is -2.23. The number of nitrogens with zero attached hydrogens (tertiary/aromatic N) is 1. The maximum atomic E-state index is 5.85. The third-order valence-corrected chi connectivity index (χ3v) is 3.53. The van der Waals surface area contributed by atoms with Crippen molar-refractivity contribution in [2.75, 3.05) is 11.9 Å². The molecule has 0 heterocycles. The second-order valence-electron chi connectivity index (χ2n) is 5.12. The van der Waals surface area contributed by atoms with Crippen LogP contribution in [0.4, 0.5) is 5.69 Å². The highest BCUT2D eigenvalue weighted by Crippen LogP contribution is 2.23. The predicted molar refractivity (Wildman–Crippen MR) is 82.4 cm³/mol. The summed E-state index contributed by atoms with van der Waals surface area (Å²) in [5.41, 5.74) is 12.2. The summed E-state index contributed by atoms with van der Waals surface area (Å²) < 4.78 is 0. The molecule has 2 nitrogen and oxygen atoms in total. The van der Waals surface area contributed by atoms with E-state index in [0.29, 0.717) is 6.54 Å². The van der Waals surface area contributed by atoms with Crippen LogP contribution in [0, 0.1) is 13.8 Å². The molecule has 100 valence electrons. The van der Waals surface area contributed by atoms with Gasteiger partial charge in [-0.2, -0.15) is 0 Å². The van der Waals surface area contributed by atoms with E-state index in [9.17, 15) is 0 Å². The first-order chi connectivity index (χ1) is 9.11. The van der Waals surface area contributed by atoms with Crippen LogP contribution in [-0.4, -0.2) is 7.05 Å². The van der Waals surface area contributed by atoms with E-state index in [4.69, 9.17) is 5.73 Å². The van der Waals surface area contributed by atoms with Crippen molar-refractivity contribution in [2.24, 2.45) is 5.73 Å². The van der Waals surface area contributed by atoms with Crippen molar-refractivity contribution >= 4 is 5.69 Å². The van der Waals surface area contributed by atoms with E-state index in [1.165, 1.54) is 27.9 Å². The molecular weight excluding hydrogens is 232 g/mol. The van der Waals surface area contributed by atoms with Crippen LogP contribution in [0.3, 0.4) is 0 Å². The molecule has 0 fully saturated rings. The van der Waals surface area contributed by atoms with Crippen molar-refractivity contribution < 1.29 is 0 Å². The molecule has 0 amide bonds. The number of hydrogen-bond acceptors (Lipinski definition) is 2. The van der Waals surface area contributed by atoms with Gasteiger partial charge in [-0.3, -0.25) is 0 Å². The second-order valence-corrected chi connectivity index (χ2v) is 5.12. The van der Waals surface area contributed by atoms with Crippen molar-refractivity contribution in [1.82, 2.24) is 0 Å². The van der Waals surface area contributed by atoms with Crippen LogP contribution in [0.2, 0.25) is 0 Å². The first-order valence-electron chi connectivity index (χ1n) is 6.67. The van der Waals surface area contributed by atoms with E-state index in [1.54, 1.807) is 0 Å². The number of aryl methyl sites for hydroxylation is 2. The average Bonchev–Trinajstić information content (AvgIpc) is 2.41. The molecule has 2 aromatic carbocycles. The fourth-order valence-electron chi connectivity index (χ4n) is 2.38. The Balaban J connectivity index is 2.25. The van der Waals surface area contributed by atoms with Gasteiger partial charge in [0, 0.05) is 25.8 Å². The minimum Gasteiger partial charge on any atom is -0.370 e. The zero-order valence-electron chi connectivity index (χ0n) is 12.0. The summed E-state index contributed by atoms with van der Waals surface area (Å²) in [6, 6.07) is 15.0. The maximum absolute atomic E-state index is 5.85. The molecule has 0 radical (unpaired) electrons. The summed E-state index contributed by atoms with van der Waals surface area (Å²) >= 11 is 0. The lowest BCUT2D eigenvalue weighted by atomic mass is 10.1. The van der Waals surface area contributed by atoms with Gasteiger partial charge >= 0.3 is 0 Å². The molecule has 2 rings (SSSR count). The van der Waals surface area contributed by atoms with E-state index < -0.39 is 0 Å². The Morgan fingerprint density at radius 1 is 1.00 bits per heavy atom. The van der Waals surface area contributed by atoms with Crippen molar-refractivity contribution in [3.63, 3.8) is 0 Å². The van der Waals surface area contributed by atoms with Gasteiger partial charge in [0.05, 0.1) is 0 Å². The summed E-state index contributed by atoms with van der Waals surface area (Å²) in [5, 5.41) is 0. The molecule has 2 aromatic rings. The van der Waals surface area contributed by atoms with Gasteiger partial charge in [-0.05, 0) is 36.6 Å². The van der Waals surface area contributed by atoms with Gasteiger partial charge in [-0.15, -0.1) is 0 Å². The van der Waals surface area contributed by atoms with Crippen LogP contribution in [0.15, 0.2) is 42.5 Å². The Labute approximate surface area is 115 Å². The Kier molecular flexibility index (Phi) is 4.23. The molecule has 0 unspecified atom stereocenters. The fraction of sp³-hybridized carbons (Fsp3) is 0.294. The molecular formula is C17H22N2. The van der Waals surface area contributed by atoms with Crippen molar-refractivity contribution in [2.45, 2.75) is 26.9 Å². The van der Waals surface area contributed by atoms with Crippen molar-refractivity contribution in [1.29, 1.82) is 0 Å². The number of rotatable bonds is 4. The van der Waals surface area contributed by atoms with Crippen LogP contribution >= 0.6 is 0 Å². The zero-order chi connectivity index (χ0) is 13.8. The van der Waals surface area contributed by atoms with Crippen LogP contribution in [-0.2, 0) is 13.1 Å². The van der Waals surface area contributed by atoms with Crippen LogP contribution < -0.4 is 10.6 Å². The normalized spacial score (nSPS) is 10.5. The maximum Gasteiger partial charge on any atom is 0.0428 e. The fourth-order valence-corrected chi connectivity index (χ4v) is 2.38. The van der Waals surface area contributed by atoms with Gasteiger partial charge in [0.2, 0.25) is 0 Å². The number of nitrogens with two attached hydrogens (primary N) is 1. The van der Waals surface area contributed by atoms with E-state index in [-0.39, 0.29) is 0 Å². The molecule has 0 bridgehead atoms. The Bertz CT molecular complexity index is 561.